The topological polar surface area (TPSA) is 115 Å². The molecule has 2 N–H and O–H groups in total. The van der Waals surface area contributed by atoms with Gasteiger partial charge in [-0.05, 0) is 53.5 Å². The Hall–Kier alpha value is -4.79. The molecule has 5 rings (SSSR count). The smallest absolute Gasteiger partial charge is 0.331 e. The highest BCUT2D eigenvalue weighted by atomic mass is 16.4. The molecule has 0 aliphatic rings. The fourth-order valence-corrected chi connectivity index (χ4v) is 4.34. The first kappa shape index (κ1) is 23.9. The highest BCUT2D eigenvalue weighted by Crippen LogP contribution is 2.30. The lowest BCUT2D eigenvalue weighted by molar-refractivity contribution is -0.132. The number of benzene rings is 2. The summed E-state index contributed by atoms with van der Waals surface area (Å²) in [4.78, 5) is 16.6. The molecule has 0 aliphatic carbocycles. The van der Waals surface area contributed by atoms with Crippen molar-refractivity contribution in [2.75, 3.05) is 0 Å². The Morgan fingerprint density at radius 1 is 1.03 bits per heavy atom. The van der Waals surface area contributed by atoms with Gasteiger partial charge in [0.25, 0.3) is 0 Å². The number of aryl methyl sites for hydroxylation is 1. The summed E-state index contributed by atoms with van der Waals surface area (Å²) in [5.74, 6) is 1.24. The third-order valence-corrected chi connectivity index (χ3v) is 6.20. The van der Waals surface area contributed by atoms with Gasteiger partial charge in [-0.1, -0.05) is 55.5 Å². The van der Waals surface area contributed by atoms with E-state index in [4.69, 9.17) is 4.98 Å². The first-order chi connectivity index (χ1) is 18.0. The fraction of sp³-hybridized carbons (Fsp3) is 0.179. The summed E-state index contributed by atoms with van der Waals surface area (Å²) in [6.07, 6.45) is 7.26. The molecule has 2 aromatic carbocycles. The Kier molecular flexibility index (Phi) is 6.76. The fourth-order valence-electron chi connectivity index (χ4n) is 4.34. The average Bonchev–Trinajstić information content (AvgIpc) is 3.68. The van der Waals surface area contributed by atoms with Crippen LogP contribution < -0.4 is 0 Å². The SMILES string of the molecule is CCCc1nc(-n2cccc2)c(/C=C(\C)C(=O)O)n1Cc1ccc(-c2ccccc2-c2nn[nH]n2)cc1. The molecule has 37 heavy (non-hydrogen) atoms. The Morgan fingerprint density at radius 2 is 1.76 bits per heavy atom. The summed E-state index contributed by atoms with van der Waals surface area (Å²) in [6, 6.07) is 20.2. The van der Waals surface area contributed by atoms with Crippen molar-refractivity contribution in [1.29, 1.82) is 0 Å². The van der Waals surface area contributed by atoms with Crippen LogP contribution in [0.1, 0.15) is 37.4 Å². The van der Waals surface area contributed by atoms with E-state index in [2.05, 4.69) is 56.4 Å². The number of rotatable bonds is 9. The molecule has 0 bridgehead atoms. The summed E-state index contributed by atoms with van der Waals surface area (Å²) in [6.45, 7) is 4.28. The molecule has 9 nitrogen and oxygen atoms in total. The summed E-state index contributed by atoms with van der Waals surface area (Å²) < 4.78 is 4.04. The maximum Gasteiger partial charge on any atom is 0.331 e. The number of imidazole rings is 1. The van der Waals surface area contributed by atoms with Crippen LogP contribution in [0.25, 0.3) is 34.4 Å². The zero-order valence-electron chi connectivity index (χ0n) is 20.7. The van der Waals surface area contributed by atoms with Crippen molar-refractivity contribution >= 4 is 12.0 Å². The number of aromatic amines is 1. The number of hydrogen-bond donors (Lipinski definition) is 2. The van der Waals surface area contributed by atoms with Crippen LogP contribution in [0.5, 0.6) is 0 Å². The van der Waals surface area contributed by atoms with Gasteiger partial charge < -0.3 is 14.2 Å². The number of H-pyrrole nitrogens is 1. The number of nitrogens with zero attached hydrogens (tertiary/aromatic N) is 6. The standard InChI is InChI=1S/C28H27N7O2/c1-3-8-25-29-27(34-15-6-7-16-34)24(17-19(2)28(36)37)35(25)18-20-11-13-21(14-12-20)22-9-4-5-10-23(22)26-30-32-33-31-26/h4-7,9-17H,3,8,18H2,1-2H3,(H,36,37)(H,30,31,32,33)/b19-17+. The van der Waals surface area contributed by atoms with Crippen molar-refractivity contribution in [2.45, 2.75) is 33.2 Å². The maximum atomic E-state index is 11.7. The van der Waals surface area contributed by atoms with Crippen LogP contribution >= 0.6 is 0 Å². The minimum Gasteiger partial charge on any atom is -0.478 e. The minimum absolute atomic E-state index is 0.256. The molecule has 9 heteroatoms. The van der Waals surface area contributed by atoms with Crippen LogP contribution in [0.4, 0.5) is 0 Å². The summed E-state index contributed by atoms with van der Waals surface area (Å²) in [5.41, 5.74) is 5.06. The Balaban J connectivity index is 1.54. The Labute approximate surface area is 214 Å². The molecule has 0 saturated carbocycles. The first-order valence-electron chi connectivity index (χ1n) is 12.1. The number of carboxylic acid groups (broad SMARTS) is 1. The number of hydrogen-bond acceptors (Lipinski definition) is 5. The zero-order valence-corrected chi connectivity index (χ0v) is 20.7. The van der Waals surface area contributed by atoms with Gasteiger partial charge in [0.15, 0.2) is 5.82 Å². The highest BCUT2D eigenvalue weighted by molar-refractivity contribution is 5.91. The molecule has 0 unspecified atom stereocenters. The second-order valence-corrected chi connectivity index (χ2v) is 8.77. The van der Waals surface area contributed by atoms with Gasteiger partial charge in [-0.2, -0.15) is 5.21 Å². The maximum absolute atomic E-state index is 11.7. The minimum atomic E-state index is -0.951. The lowest BCUT2D eigenvalue weighted by Gasteiger charge is -2.13. The molecule has 0 saturated heterocycles. The van der Waals surface area contributed by atoms with E-state index < -0.39 is 5.97 Å². The zero-order chi connectivity index (χ0) is 25.8. The predicted molar refractivity (Wildman–Crippen MR) is 141 cm³/mol. The number of nitrogens with one attached hydrogen (secondary N) is 1. The monoisotopic (exact) mass is 493 g/mol. The van der Waals surface area contributed by atoms with E-state index in [-0.39, 0.29) is 5.57 Å². The molecule has 0 amide bonds. The Bertz CT molecular complexity index is 1530. The number of carbonyl (C=O) groups is 1. The van der Waals surface area contributed by atoms with E-state index in [9.17, 15) is 9.90 Å². The van der Waals surface area contributed by atoms with Crippen molar-refractivity contribution in [3.8, 4) is 28.3 Å². The van der Waals surface area contributed by atoms with Gasteiger partial charge >= 0.3 is 5.97 Å². The summed E-state index contributed by atoms with van der Waals surface area (Å²) >= 11 is 0. The second kappa shape index (κ2) is 10.4. The number of aliphatic carboxylic acids is 1. The molecule has 0 aliphatic heterocycles. The molecule has 0 fully saturated rings. The van der Waals surface area contributed by atoms with Crippen molar-refractivity contribution in [2.24, 2.45) is 0 Å². The summed E-state index contributed by atoms with van der Waals surface area (Å²) in [5, 5.41) is 24.0. The molecular weight excluding hydrogens is 466 g/mol. The van der Waals surface area contributed by atoms with E-state index in [1.165, 1.54) is 0 Å². The van der Waals surface area contributed by atoms with Gasteiger partial charge in [0.1, 0.15) is 5.82 Å². The largest absolute Gasteiger partial charge is 0.478 e. The quantitative estimate of drug-likeness (QED) is 0.279. The average molecular weight is 494 g/mol. The van der Waals surface area contributed by atoms with Crippen molar-refractivity contribution in [3.05, 3.63) is 95.7 Å². The molecule has 0 atom stereocenters. The molecule has 5 aromatic rings. The van der Waals surface area contributed by atoms with Gasteiger partial charge in [-0.15, -0.1) is 10.2 Å². The van der Waals surface area contributed by atoms with Crippen LogP contribution in [0.15, 0.2) is 78.6 Å². The van der Waals surface area contributed by atoms with Gasteiger partial charge in [-0.3, -0.25) is 0 Å². The third-order valence-electron chi connectivity index (χ3n) is 6.20. The first-order valence-corrected chi connectivity index (χ1v) is 12.1. The van der Waals surface area contributed by atoms with Gasteiger partial charge in [0.2, 0.25) is 5.82 Å². The van der Waals surface area contributed by atoms with E-state index in [0.717, 1.165) is 52.4 Å². The van der Waals surface area contributed by atoms with E-state index in [1.807, 2.05) is 53.4 Å². The molecule has 3 aromatic heterocycles. The van der Waals surface area contributed by atoms with Crippen LogP contribution in [0, 0.1) is 0 Å². The molecule has 186 valence electrons. The number of aromatic nitrogens is 7. The van der Waals surface area contributed by atoms with Crippen LogP contribution in [0.3, 0.4) is 0 Å². The summed E-state index contributed by atoms with van der Waals surface area (Å²) in [7, 11) is 0. The van der Waals surface area contributed by atoms with Crippen molar-refractivity contribution < 1.29 is 9.90 Å². The molecule has 3 heterocycles. The molecule has 0 radical (unpaired) electrons. The van der Waals surface area contributed by atoms with E-state index in [0.29, 0.717) is 12.4 Å². The number of tetrazole rings is 1. The van der Waals surface area contributed by atoms with E-state index in [1.54, 1.807) is 13.0 Å². The lowest BCUT2D eigenvalue weighted by Crippen LogP contribution is -2.08. The van der Waals surface area contributed by atoms with Gasteiger partial charge in [-0.25, -0.2) is 9.78 Å². The second-order valence-electron chi connectivity index (χ2n) is 8.77. The normalized spacial score (nSPS) is 11.7. The molecular formula is C28H27N7O2. The van der Waals surface area contributed by atoms with Gasteiger partial charge in [0, 0.05) is 36.5 Å². The van der Waals surface area contributed by atoms with E-state index >= 15 is 0 Å². The lowest BCUT2D eigenvalue weighted by atomic mass is 9.98. The van der Waals surface area contributed by atoms with Crippen LogP contribution in [0.2, 0.25) is 0 Å². The predicted octanol–water partition coefficient (Wildman–Crippen LogP) is 5.01. The highest BCUT2D eigenvalue weighted by Gasteiger charge is 2.18. The van der Waals surface area contributed by atoms with Crippen molar-refractivity contribution in [3.63, 3.8) is 0 Å². The van der Waals surface area contributed by atoms with Gasteiger partial charge in [0.05, 0.1) is 5.69 Å². The van der Waals surface area contributed by atoms with Crippen molar-refractivity contribution in [1.82, 2.24) is 34.7 Å². The third kappa shape index (κ3) is 4.97. The Morgan fingerprint density at radius 3 is 2.41 bits per heavy atom. The number of carboxylic acids is 1. The van der Waals surface area contributed by atoms with Crippen LogP contribution in [-0.4, -0.2) is 45.8 Å². The molecule has 0 spiro atoms. The van der Waals surface area contributed by atoms with Crippen LogP contribution in [-0.2, 0) is 17.8 Å².